The highest BCUT2D eigenvalue weighted by atomic mass is 35.5. The zero-order chi connectivity index (χ0) is 22.2. The molecule has 0 radical (unpaired) electrons. The van der Waals surface area contributed by atoms with E-state index < -0.39 is 6.04 Å². The monoisotopic (exact) mass is 460 g/mol. The number of hydrogen-bond acceptors (Lipinski definition) is 2. The van der Waals surface area contributed by atoms with Crippen LogP contribution in [0.1, 0.15) is 56.6 Å². The molecule has 0 heterocycles. The minimum Gasteiger partial charge on any atom is -0.352 e. The smallest absolute Gasteiger partial charge is 0.243 e. The number of nitrogens with zero attached hydrogens (tertiary/aromatic N) is 1. The van der Waals surface area contributed by atoms with Gasteiger partial charge in [-0.1, -0.05) is 85.8 Å². The van der Waals surface area contributed by atoms with E-state index in [0.29, 0.717) is 16.5 Å². The fourth-order valence-corrected chi connectivity index (χ4v) is 4.58. The first-order chi connectivity index (χ1) is 15.0. The van der Waals surface area contributed by atoms with Gasteiger partial charge in [-0.3, -0.25) is 9.59 Å². The van der Waals surface area contributed by atoms with E-state index in [1.807, 2.05) is 43.3 Å². The van der Waals surface area contributed by atoms with Gasteiger partial charge in [-0.25, -0.2) is 0 Å². The van der Waals surface area contributed by atoms with E-state index in [9.17, 15) is 9.59 Å². The molecular formula is C25H30Cl2N2O2. The van der Waals surface area contributed by atoms with Crippen molar-refractivity contribution in [3.63, 3.8) is 0 Å². The van der Waals surface area contributed by atoms with Gasteiger partial charge in [0.1, 0.15) is 6.04 Å². The van der Waals surface area contributed by atoms with Crippen molar-refractivity contribution < 1.29 is 9.59 Å². The summed E-state index contributed by atoms with van der Waals surface area (Å²) < 4.78 is 0. The molecule has 0 unspecified atom stereocenters. The minimum atomic E-state index is -0.562. The lowest BCUT2D eigenvalue weighted by molar-refractivity contribution is -0.141. The molecule has 0 spiro atoms. The summed E-state index contributed by atoms with van der Waals surface area (Å²) in [5, 5.41) is 4.32. The molecule has 1 atom stereocenters. The van der Waals surface area contributed by atoms with Gasteiger partial charge in [0.25, 0.3) is 0 Å². The molecule has 166 valence electrons. The van der Waals surface area contributed by atoms with E-state index in [1.54, 1.807) is 17.0 Å². The highest BCUT2D eigenvalue weighted by molar-refractivity contribution is 6.31. The summed E-state index contributed by atoms with van der Waals surface area (Å²) in [5.41, 5.74) is 1.57. The first-order valence-corrected chi connectivity index (χ1v) is 11.8. The predicted octanol–water partition coefficient (Wildman–Crippen LogP) is 5.79. The second-order valence-corrected chi connectivity index (χ2v) is 8.96. The van der Waals surface area contributed by atoms with Crippen molar-refractivity contribution >= 4 is 35.0 Å². The van der Waals surface area contributed by atoms with Crippen LogP contribution >= 0.6 is 23.2 Å². The molecule has 2 aromatic carbocycles. The molecule has 0 bridgehead atoms. The van der Waals surface area contributed by atoms with Crippen molar-refractivity contribution in [2.75, 3.05) is 0 Å². The number of halogens is 2. The van der Waals surface area contributed by atoms with Crippen molar-refractivity contribution in [2.45, 2.75) is 70.5 Å². The average molecular weight is 461 g/mol. The van der Waals surface area contributed by atoms with Crippen LogP contribution in [0, 0.1) is 0 Å². The van der Waals surface area contributed by atoms with E-state index >= 15 is 0 Å². The van der Waals surface area contributed by atoms with Crippen molar-refractivity contribution in [2.24, 2.45) is 0 Å². The Balaban J connectivity index is 1.83. The molecule has 2 aromatic rings. The van der Waals surface area contributed by atoms with E-state index in [4.69, 9.17) is 23.2 Å². The molecule has 0 saturated heterocycles. The summed E-state index contributed by atoms with van der Waals surface area (Å²) >= 11 is 12.7. The Kier molecular flexibility index (Phi) is 8.79. The van der Waals surface area contributed by atoms with Crippen LogP contribution in [-0.4, -0.2) is 28.8 Å². The summed E-state index contributed by atoms with van der Waals surface area (Å²) in [6.07, 6.45) is 6.15. The third-order valence-corrected chi connectivity index (χ3v) is 6.67. The fraction of sp³-hybridized carbons (Fsp3) is 0.440. The topological polar surface area (TPSA) is 49.4 Å². The molecule has 4 nitrogen and oxygen atoms in total. The lowest BCUT2D eigenvalue weighted by Crippen LogP contribution is -2.52. The van der Waals surface area contributed by atoms with Gasteiger partial charge >= 0.3 is 0 Å². The molecule has 1 aliphatic carbocycles. The minimum absolute atomic E-state index is 0.0889. The van der Waals surface area contributed by atoms with Crippen molar-refractivity contribution in [3.8, 4) is 0 Å². The normalized spacial score (nSPS) is 15.3. The van der Waals surface area contributed by atoms with Crippen LogP contribution in [0.4, 0.5) is 0 Å². The van der Waals surface area contributed by atoms with Crippen molar-refractivity contribution in [1.29, 1.82) is 0 Å². The number of amides is 2. The maximum absolute atomic E-state index is 13.4. The first-order valence-electron chi connectivity index (χ1n) is 11.1. The van der Waals surface area contributed by atoms with Crippen molar-refractivity contribution in [1.82, 2.24) is 10.2 Å². The third-order valence-electron chi connectivity index (χ3n) is 5.94. The second-order valence-electron chi connectivity index (χ2n) is 8.15. The average Bonchev–Trinajstić information content (AvgIpc) is 2.77. The zero-order valence-electron chi connectivity index (χ0n) is 17.9. The van der Waals surface area contributed by atoms with Gasteiger partial charge in [-0.15, -0.1) is 0 Å². The predicted molar refractivity (Wildman–Crippen MR) is 126 cm³/mol. The van der Waals surface area contributed by atoms with Crippen molar-refractivity contribution in [3.05, 3.63) is 69.7 Å². The number of carbonyl (C=O) groups excluding carboxylic acids is 2. The molecule has 2 amide bonds. The van der Waals surface area contributed by atoms with Crippen LogP contribution < -0.4 is 5.32 Å². The molecule has 31 heavy (non-hydrogen) atoms. The number of carbonyl (C=O) groups is 2. The molecule has 1 saturated carbocycles. The lowest BCUT2D eigenvalue weighted by Gasteiger charge is -2.33. The van der Waals surface area contributed by atoms with Gasteiger partial charge in [-0.2, -0.15) is 0 Å². The van der Waals surface area contributed by atoms with Gasteiger partial charge in [0.2, 0.25) is 11.8 Å². The number of nitrogens with one attached hydrogen (secondary N) is 1. The molecule has 1 N–H and O–H groups in total. The lowest BCUT2D eigenvalue weighted by atomic mass is 9.95. The highest BCUT2D eigenvalue weighted by Crippen LogP contribution is 2.23. The summed E-state index contributed by atoms with van der Waals surface area (Å²) in [6.45, 7) is 2.22. The Labute approximate surface area is 194 Å². The Morgan fingerprint density at radius 1 is 0.968 bits per heavy atom. The van der Waals surface area contributed by atoms with Crippen LogP contribution in [-0.2, 0) is 22.6 Å². The fourth-order valence-electron chi connectivity index (χ4n) is 4.18. The number of rotatable bonds is 8. The quantitative estimate of drug-likeness (QED) is 0.541. The number of benzene rings is 2. The van der Waals surface area contributed by atoms with E-state index in [0.717, 1.165) is 36.8 Å². The third kappa shape index (κ3) is 6.47. The summed E-state index contributed by atoms with van der Waals surface area (Å²) in [5.74, 6) is -0.229. The Bertz CT molecular complexity index is 897. The summed E-state index contributed by atoms with van der Waals surface area (Å²) in [7, 11) is 0. The maximum Gasteiger partial charge on any atom is 0.243 e. The SMILES string of the molecule is CC[C@H](C(=O)NC1CCCCC1)N(Cc1ccccc1Cl)C(=O)Cc1ccccc1Cl. The Hall–Kier alpha value is -2.04. The highest BCUT2D eigenvalue weighted by Gasteiger charge is 2.30. The molecule has 0 aliphatic heterocycles. The van der Waals surface area contributed by atoms with Gasteiger partial charge in [0.05, 0.1) is 6.42 Å². The maximum atomic E-state index is 13.4. The van der Waals surface area contributed by atoms with Crippen LogP contribution in [0.3, 0.4) is 0 Å². The summed E-state index contributed by atoms with van der Waals surface area (Å²) in [6, 6.07) is 14.4. The summed E-state index contributed by atoms with van der Waals surface area (Å²) in [4.78, 5) is 28.3. The van der Waals surface area contributed by atoms with Crippen LogP contribution in [0.2, 0.25) is 10.0 Å². The molecule has 0 aromatic heterocycles. The molecule has 3 rings (SSSR count). The first kappa shape index (κ1) is 23.6. The van der Waals surface area contributed by atoms with Gasteiger partial charge < -0.3 is 10.2 Å². The van der Waals surface area contributed by atoms with Gasteiger partial charge in [0, 0.05) is 22.6 Å². The van der Waals surface area contributed by atoms with Gasteiger partial charge in [0.15, 0.2) is 0 Å². The Morgan fingerprint density at radius 3 is 2.13 bits per heavy atom. The van der Waals surface area contributed by atoms with E-state index in [-0.39, 0.29) is 30.8 Å². The molecular weight excluding hydrogens is 431 g/mol. The molecule has 1 aliphatic rings. The molecule has 6 heteroatoms. The zero-order valence-corrected chi connectivity index (χ0v) is 19.5. The van der Waals surface area contributed by atoms with Gasteiger partial charge in [-0.05, 0) is 42.5 Å². The Morgan fingerprint density at radius 2 is 1.55 bits per heavy atom. The largest absolute Gasteiger partial charge is 0.352 e. The van der Waals surface area contributed by atoms with E-state index in [2.05, 4.69) is 5.32 Å². The second kappa shape index (κ2) is 11.5. The van der Waals surface area contributed by atoms with Crippen LogP contribution in [0.15, 0.2) is 48.5 Å². The van der Waals surface area contributed by atoms with E-state index in [1.165, 1.54) is 6.42 Å². The standard InChI is InChI=1S/C25H30Cl2N2O2/c1-2-23(25(31)28-20-12-4-3-5-13-20)29(17-19-11-7-9-15-22(19)27)24(30)16-18-10-6-8-14-21(18)26/h6-11,14-15,20,23H,2-5,12-13,16-17H2,1H3,(H,28,31)/t23-/m1/s1. The van der Waals surface area contributed by atoms with Crippen LogP contribution in [0.5, 0.6) is 0 Å². The number of hydrogen-bond donors (Lipinski definition) is 1. The van der Waals surface area contributed by atoms with Crippen LogP contribution in [0.25, 0.3) is 0 Å². The molecule has 1 fully saturated rings.